The summed E-state index contributed by atoms with van der Waals surface area (Å²) < 4.78 is 32.3. The average Bonchev–Trinajstić information content (AvgIpc) is 3.11. The summed E-state index contributed by atoms with van der Waals surface area (Å²) >= 11 is 6.95. The van der Waals surface area contributed by atoms with Gasteiger partial charge in [0.2, 0.25) is 15.9 Å². The van der Waals surface area contributed by atoms with Gasteiger partial charge in [-0.25, -0.2) is 13.4 Å². The van der Waals surface area contributed by atoms with Crippen LogP contribution in [0.15, 0.2) is 57.0 Å². The maximum atomic E-state index is 12.7. The average molecular weight is 454 g/mol. The van der Waals surface area contributed by atoms with Crippen molar-refractivity contribution < 1.29 is 17.6 Å². The standard InChI is InChI=1S/C19H20ClN3O4S2/c1-3-23(4-2)29(25,26)15-9-10-17-16(11-15)22-19(27-17)28-12-18(24)21-14-7-5-13(20)6-8-14/h5-11H,3-4,12H2,1-2H3,(H,21,24). The first kappa shape index (κ1) is 21.6. The van der Waals surface area contributed by atoms with Crippen molar-refractivity contribution in [2.45, 2.75) is 24.0 Å². The second kappa shape index (κ2) is 9.17. The number of sulfonamides is 1. The number of carbonyl (C=O) groups excluding carboxylic acids is 1. The van der Waals surface area contributed by atoms with Crippen LogP contribution < -0.4 is 5.32 Å². The molecule has 1 N–H and O–H groups in total. The van der Waals surface area contributed by atoms with Gasteiger partial charge in [-0.15, -0.1) is 0 Å². The fraction of sp³-hybridized carbons (Fsp3) is 0.263. The number of hydrogen-bond acceptors (Lipinski definition) is 6. The lowest BCUT2D eigenvalue weighted by Crippen LogP contribution is -2.30. The van der Waals surface area contributed by atoms with E-state index in [0.29, 0.717) is 40.1 Å². The van der Waals surface area contributed by atoms with Crippen LogP contribution in [0.3, 0.4) is 0 Å². The Labute approximate surface area is 178 Å². The first-order valence-electron chi connectivity index (χ1n) is 8.92. The number of hydrogen-bond donors (Lipinski definition) is 1. The smallest absolute Gasteiger partial charge is 0.257 e. The third kappa shape index (κ3) is 5.11. The summed E-state index contributed by atoms with van der Waals surface area (Å²) in [6.45, 7) is 4.36. The highest BCUT2D eigenvalue weighted by Crippen LogP contribution is 2.27. The van der Waals surface area contributed by atoms with E-state index in [1.807, 2.05) is 0 Å². The van der Waals surface area contributed by atoms with Crippen LogP contribution in [0, 0.1) is 0 Å². The molecule has 1 aromatic heterocycles. The minimum absolute atomic E-state index is 0.0973. The summed E-state index contributed by atoms with van der Waals surface area (Å²) in [6.07, 6.45) is 0. The Kier molecular flexibility index (Phi) is 6.84. The number of oxazole rings is 1. The number of halogens is 1. The van der Waals surface area contributed by atoms with Gasteiger partial charge in [0.25, 0.3) is 5.22 Å². The zero-order valence-corrected chi connectivity index (χ0v) is 18.3. The number of aromatic nitrogens is 1. The Balaban J connectivity index is 1.70. The van der Waals surface area contributed by atoms with Crippen molar-refractivity contribution in [2.75, 3.05) is 24.2 Å². The Morgan fingerprint density at radius 2 is 1.86 bits per heavy atom. The predicted octanol–water partition coefficient (Wildman–Crippen LogP) is 4.24. The van der Waals surface area contributed by atoms with E-state index in [1.165, 1.54) is 16.4 Å². The van der Waals surface area contributed by atoms with Gasteiger partial charge in [-0.3, -0.25) is 4.79 Å². The number of anilines is 1. The fourth-order valence-electron chi connectivity index (χ4n) is 2.68. The molecule has 1 amide bonds. The van der Waals surface area contributed by atoms with Crippen molar-refractivity contribution >= 4 is 56.1 Å². The lowest BCUT2D eigenvalue weighted by molar-refractivity contribution is -0.113. The summed E-state index contributed by atoms with van der Waals surface area (Å²) in [5.41, 5.74) is 1.53. The quantitative estimate of drug-likeness (QED) is 0.513. The lowest BCUT2D eigenvalue weighted by Gasteiger charge is -2.18. The molecule has 7 nitrogen and oxygen atoms in total. The molecule has 10 heteroatoms. The summed E-state index contributed by atoms with van der Waals surface area (Å²) in [7, 11) is -3.58. The van der Waals surface area contributed by atoms with E-state index in [1.54, 1.807) is 44.2 Å². The van der Waals surface area contributed by atoms with Gasteiger partial charge in [-0.2, -0.15) is 4.31 Å². The van der Waals surface area contributed by atoms with Gasteiger partial charge in [-0.05, 0) is 42.5 Å². The maximum Gasteiger partial charge on any atom is 0.257 e. The molecule has 0 unspecified atom stereocenters. The Bertz CT molecular complexity index is 1110. The molecule has 0 atom stereocenters. The van der Waals surface area contributed by atoms with Crippen LogP contribution in [0.5, 0.6) is 0 Å². The zero-order valence-electron chi connectivity index (χ0n) is 15.9. The van der Waals surface area contributed by atoms with Gasteiger partial charge in [-0.1, -0.05) is 37.2 Å². The number of carbonyl (C=O) groups is 1. The van der Waals surface area contributed by atoms with Gasteiger partial charge in [0.05, 0.1) is 10.6 Å². The highest BCUT2D eigenvalue weighted by Gasteiger charge is 2.22. The van der Waals surface area contributed by atoms with E-state index in [2.05, 4.69) is 10.3 Å². The molecule has 3 rings (SSSR count). The van der Waals surface area contributed by atoms with E-state index in [4.69, 9.17) is 16.0 Å². The zero-order chi connectivity index (χ0) is 21.0. The maximum absolute atomic E-state index is 12.7. The Morgan fingerprint density at radius 1 is 1.17 bits per heavy atom. The molecule has 1 heterocycles. The van der Waals surface area contributed by atoms with E-state index in [0.717, 1.165) is 11.8 Å². The number of benzene rings is 2. The molecule has 0 saturated carbocycles. The molecule has 0 aliphatic rings. The summed E-state index contributed by atoms with van der Waals surface area (Å²) in [5.74, 6) is -0.121. The van der Waals surface area contributed by atoms with E-state index in [9.17, 15) is 13.2 Å². The summed E-state index contributed by atoms with van der Waals surface area (Å²) in [5, 5.41) is 3.64. The van der Waals surface area contributed by atoms with Crippen molar-refractivity contribution in [3.8, 4) is 0 Å². The molecule has 0 spiro atoms. The van der Waals surface area contributed by atoms with Crippen molar-refractivity contribution in [1.82, 2.24) is 9.29 Å². The molecule has 2 aromatic carbocycles. The number of thioether (sulfide) groups is 1. The predicted molar refractivity (Wildman–Crippen MR) is 115 cm³/mol. The molecular weight excluding hydrogens is 434 g/mol. The Morgan fingerprint density at radius 3 is 2.52 bits per heavy atom. The first-order chi connectivity index (χ1) is 13.8. The molecule has 0 saturated heterocycles. The van der Waals surface area contributed by atoms with E-state index < -0.39 is 10.0 Å². The number of fused-ring (bicyclic) bond motifs is 1. The third-order valence-electron chi connectivity index (χ3n) is 4.14. The van der Waals surface area contributed by atoms with E-state index in [-0.39, 0.29) is 16.6 Å². The van der Waals surface area contributed by atoms with Crippen molar-refractivity contribution in [1.29, 1.82) is 0 Å². The van der Waals surface area contributed by atoms with Crippen LogP contribution in [0.4, 0.5) is 5.69 Å². The topological polar surface area (TPSA) is 92.5 Å². The van der Waals surface area contributed by atoms with Gasteiger partial charge in [0.1, 0.15) is 5.52 Å². The molecule has 3 aromatic rings. The lowest BCUT2D eigenvalue weighted by atomic mass is 10.3. The normalized spacial score (nSPS) is 11.9. The number of amides is 1. The molecular formula is C19H20ClN3O4S2. The molecule has 0 fully saturated rings. The van der Waals surface area contributed by atoms with Crippen LogP contribution in [0.1, 0.15) is 13.8 Å². The highest BCUT2D eigenvalue weighted by atomic mass is 35.5. The molecule has 0 radical (unpaired) electrons. The number of nitrogens with zero attached hydrogens (tertiary/aromatic N) is 2. The SMILES string of the molecule is CCN(CC)S(=O)(=O)c1ccc2oc(SCC(=O)Nc3ccc(Cl)cc3)nc2c1. The summed E-state index contributed by atoms with van der Waals surface area (Å²) in [6, 6.07) is 11.4. The van der Waals surface area contributed by atoms with Crippen LogP contribution in [-0.4, -0.2) is 42.5 Å². The summed E-state index contributed by atoms with van der Waals surface area (Å²) in [4.78, 5) is 16.6. The van der Waals surface area contributed by atoms with Gasteiger partial charge in [0, 0.05) is 23.8 Å². The van der Waals surface area contributed by atoms with Crippen LogP contribution in [0.2, 0.25) is 5.02 Å². The third-order valence-corrected chi connectivity index (χ3v) is 7.26. The number of rotatable bonds is 8. The van der Waals surface area contributed by atoms with Crippen molar-refractivity contribution in [2.24, 2.45) is 0 Å². The fourth-order valence-corrected chi connectivity index (χ4v) is 4.92. The van der Waals surface area contributed by atoms with Crippen LogP contribution >= 0.6 is 23.4 Å². The van der Waals surface area contributed by atoms with E-state index >= 15 is 0 Å². The molecule has 0 aliphatic carbocycles. The first-order valence-corrected chi connectivity index (χ1v) is 11.7. The second-order valence-electron chi connectivity index (χ2n) is 6.04. The van der Waals surface area contributed by atoms with Gasteiger partial charge < -0.3 is 9.73 Å². The van der Waals surface area contributed by atoms with Crippen LogP contribution in [0.25, 0.3) is 11.1 Å². The Hall–Kier alpha value is -2.07. The van der Waals surface area contributed by atoms with Gasteiger partial charge >= 0.3 is 0 Å². The molecule has 0 aliphatic heterocycles. The minimum atomic E-state index is -3.58. The molecule has 154 valence electrons. The van der Waals surface area contributed by atoms with Crippen LogP contribution in [-0.2, 0) is 14.8 Å². The monoisotopic (exact) mass is 453 g/mol. The van der Waals surface area contributed by atoms with Crippen molar-refractivity contribution in [3.63, 3.8) is 0 Å². The second-order valence-corrected chi connectivity index (χ2v) is 9.34. The minimum Gasteiger partial charge on any atom is -0.431 e. The largest absolute Gasteiger partial charge is 0.431 e. The molecule has 0 bridgehead atoms. The number of nitrogens with one attached hydrogen (secondary N) is 1. The molecule has 29 heavy (non-hydrogen) atoms. The highest BCUT2D eigenvalue weighted by molar-refractivity contribution is 7.99. The van der Waals surface area contributed by atoms with Gasteiger partial charge in [0.15, 0.2) is 5.58 Å². The van der Waals surface area contributed by atoms with Crippen molar-refractivity contribution in [3.05, 3.63) is 47.5 Å².